The van der Waals surface area contributed by atoms with Gasteiger partial charge in [0.25, 0.3) is 0 Å². The van der Waals surface area contributed by atoms with Gasteiger partial charge in [-0.15, -0.1) is 0 Å². The van der Waals surface area contributed by atoms with Crippen molar-refractivity contribution in [3.8, 4) is 0 Å². The minimum Gasteiger partial charge on any atom is -0.456 e. The molecule has 0 fully saturated rings. The van der Waals surface area contributed by atoms with Crippen molar-refractivity contribution >= 4 is 29.2 Å². The summed E-state index contributed by atoms with van der Waals surface area (Å²) < 4.78 is 5.07. The SMILES string of the molecule is O=C(OCc1ccc(Cl)cc1)c1cnc(Cl)cn1. The molecular weight excluding hydrogens is 275 g/mol. The van der Waals surface area contributed by atoms with Crippen LogP contribution in [0.15, 0.2) is 36.7 Å². The van der Waals surface area contributed by atoms with Gasteiger partial charge in [-0.1, -0.05) is 35.3 Å². The van der Waals surface area contributed by atoms with Crippen molar-refractivity contribution in [1.29, 1.82) is 0 Å². The van der Waals surface area contributed by atoms with Crippen molar-refractivity contribution in [3.63, 3.8) is 0 Å². The molecule has 0 radical (unpaired) electrons. The number of hydrogen-bond donors (Lipinski definition) is 0. The van der Waals surface area contributed by atoms with E-state index in [4.69, 9.17) is 27.9 Å². The Morgan fingerprint density at radius 3 is 2.44 bits per heavy atom. The van der Waals surface area contributed by atoms with E-state index in [1.165, 1.54) is 12.4 Å². The molecule has 0 saturated carbocycles. The Hall–Kier alpha value is -1.65. The van der Waals surface area contributed by atoms with E-state index in [2.05, 4.69) is 9.97 Å². The van der Waals surface area contributed by atoms with E-state index >= 15 is 0 Å². The van der Waals surface area contributed by atoms with Crippen LogP contribution in [-0.4, -0.2) is 15.9 Å². The first kappa shape index (κ1) is 12.8. The summed E-state index contributed by atoms with van der Waals surface area (Å²) in [7, 11) is 0. The van der Waals surface area contributed by atoms with Gasteiger partial charge in [0.15, 0.2) is 5.69 Å². The Kier molecular flexibility index (Phi) is 4.12. The molecule has 0 N–H and O–H groups in total. The fourth-order valence-corrected chi connectivity index (χ4v) is 1.44. The lowest BCUT2D eigenvalue weighted by molar-refractivity contribution is 0.0465. The first-order valence-corrected chi connectivity index (χ1v) is 5.80. The van der Waals surface area contributed by atoms with Crippen LogP contribution in [0.2, 0.25) is 10.2 Å². The molecule has 0 atom stereocenters. The maximum absolute atomic E-state index is 11.6. The molecule has 0 unspecified atom stereocenters. The van der Waals surface area contributed by atoms with Gasteiger partial charge in [0, 0.05) is 5.02 Å². The molecule has 0 spiro atoms. The van der Waals surface area contributed by atoms with Crippen molar-refractivity contribution in [3.05, 3.63) is 58.1 Å². The van der Waals surface area contributed by atoms with Gasteiger partial charge in [-0.3, -0.25) is 0 Å². The summed E-state index contributed by atoms with van der Waals surface area (Å²) in [5, 5.41) is 0.859. The van der Waals surface area contributed by atoms with E-state index in [9.17, 15) is 4.79 Å². The van der Waals surface area contributed by atoms with E-state index in [1.807, 2.05) is 0 Å². The molecule has 0 amide bonds. The van der Waals surface area contributed by atoms with Crippen LogP contribution in [0.25, 0.3) is 0 Å². The molecule has 0 aliphatic carbocycles. The fourth-order valence-electron chi connectivity index (χ4n) is 1.22. The molecule has 18 heavy (non-hydrogen) atoms. The third kappa shape index (κ3) is 3.42. The largest absolute Gasteiger partial charge is 0.456 e. The number of nitrogens with zero attached hydrogens (tertiary/aromatic N) is 2. The highest BCUT2D eigenvalue weighted by molar-refractivity contribution is 6.30. The highest BCUT2D eigenvalue weighted by atomic mass is 35.5. The van der Waals surface area contributed by atoms with Gasteiger partial charge in [0.2, 0.25) is 0 Å². The summed E-state index contributed by atoms with van der Waals surface area (Å²) >= 11 is 11.3. The number of carbonyl (C=O) groups excluding carboxylic acids is 1. The number of hydrogen-bond acceptors (Lipinski definition) is 4. The zero-order chi connectivity index (χ0) is 13.0. The Morgan fingerprint density at radius 1 is 1.11 bits per heavy atom. The van der Waals surface area contributed by atoms with Gasteiger partial charge in [0.1, 0.15) is 11.8 Å². The second-order valence-corrected chi connectivity index (χ2v) is 4.25. The zero-order valence-corrected chi connectivity index (χ0v) is 10.6. The minimum absolute atomic E-state index is 0.119. The number of ether oxygens (including phenoxy) is 1. The van der Waals surface area contributed by atoms with E-state index in [0.717, 1.165) is 5.56 Å². The number of carbonyl (C=O) groups is 1. The van der Waals surface area contributed by atoms with Gasteiger partial charge < -0.3 is 4.74 Å². The molecule has 2 aromatic rings. The lowest BCUT2D eigenvalue weighted by Gasteiger charge is -2.04. The normalized spacial score (nSPS) is 10.1. The molecule has 0 saturated heterocycles. The van der Waals surface area contributed by atoms with Crippen LogP contribution in [0.5, 0.6) is 0 Å². The molecule has 4 nitrogen and oxygen atoms in total. The van der Waals surface area contributed by atoms with Crippen LogP contribution >= 0.6 is 23.2 Å². The quantitative estimate of drug-likeness (QED) is 0.812. The molecule has 1 heterocycles. The topological polar surface area (TPSA) is 52.1 Å². The van der Waals surface area contributed by atoms with Crippen LogP contribution < -0.4 is 0 Å². The first-order valence-electron chi connectivity index (χ1n) is 5.04. The molecule has 0 aliphatic rings. The molecule has 1 aromatic heterocycles. The molecule has 6 heteroatoms. The Morgan fingerprint density at radius 2 is 1.83 bits per heavy atom. The maximum atomic E-state index is 11.6. The number of esters is 1. The second kappa shape index (κ2) is 5.80. The predicted molar refractivity (Wildman–Crippen MR) is 67.6 cm³/mol. The average Bonchev–Trinajstić information content (AvgIpc) is 2.38. The number of rotatable bonds is 3. The molecule has 0 aliphatic heterocycles. The van der Waals surface area contributed by atoms with E-state index in [0.29, 0.717) is 5.02 Å². The summed E-state index contributed by atoms with van der Waals surface area (Å²) in [5.41, 5.74) is 0.961. The van der Waals surface area contributed by atoms with Crippen molar-refractivity contribution in [2.24, 2.45) is 0 Å². The van der Waals surface area contributed by atoms with E-state index < -0.39 is 5.97 Å². The molecule has 1 aromatic carbocycles. The van der Waals surface area contributed by atoms with Crippen LogP contribution in [0.3, 0.4) is 0 Å². The average molecular weight is 283 g/mol. The summed E-state index contributed by atoms with van der Waals surface area (Å²) in [6, 6.07) is 7.02. The number of aromatic nitrogens is 2. The van der Waals surface area contributed by atoms with Crippen LogP contribution in [0.4, 0.5) is 0 Å². The van der Waals surface area contributed by atoms with Crippen molar-refractivity contribution in [2.75, 3.05) is 0 Å². The lowest BCUT2D eigenvalue weighted by atomic mass is 10.2. The van der Waals surface area contributed by atoms with Gasteiger partial charge in [-0.25, -0.2) is 14.8 Å². The minimum atomic E-state index is -0.547. The van der Waals surface area contributed by atoms with Crippen LogP contribution in [0.1, 0.15) is 16.1 Å². The maximum Gasteiger partial charge on any atom is 0.358 e. The van der Waals surface area contributed by atoms with E-state index in [-0.39, 0.29) is 17.5 Å². The summed E-state index contributed by atoms with van der Waals surface area (Å²) in [5.74, 6) is -0.547. The third-order valence-corrected chi connectivity index (χ3v) is 2.56. The summed E-state index contributed by atoms with van der Waals surface area (Å²) in [4.78, 5) is 19.2. The van der Waals surface area contributed by atoms with Crippen LogP contribution in [0, 0.1) is 0 Å². The highest BCUT2D eigenvalue weighted by Crippen LogP contribution is 2.11. The van der Waals surface area contributed by atoms with E-state index in [1.54, 1.807) is 24.3 Å². The second-order valence-electron chi connectivity index (χ2n) is 3.43. The lowest BCUT2D eigenvalue weighted by Crippen LogP contribution is -2.07. The number of benzene rings is 1. The summed E-state index contributed by atoms with van der Waals surface area (Å²) in [6.45, 7) is 0.153. The number of halogens is 2. The third-order valence-electron chi connectivity index (χ3n) is 2.11. The van der Waals surface area contributed by atoms with Gasteiger partial charge in [-0.05, 0) is 17.7 Å². The van der Waals surface area contributed by atoms with Crippen molar-refractivity contribution in [1.82, 2.24) is 9.97 Å². The fraction of sp³-hybridized carbons (Fsp3) is 0.0833. The van der Waals surface area contributed by atoms with Gasteiger partial charge in [-0.2, -0.15) is 0 Å². The standard InChI is InChI=1S/C12H8Cl2N2O2/c13-9-3-1-8(2-4-9)7-18-12(17)10-5-16-11(14)6-15-10/h1-6H,7H2. The smallest absolute Gasteiger partial charge is 0.358 e. The predicted octanol–water partition coefficient (Wildman–Crippen LogP) is 3.14. The molecule has 2 rings (SSSR count). The highest BCUT2D eigenvalue weighted by Gasteiger charge is 2.09. The van der Waals surface area contributed by atoms with Crippen molar-refractivity contribution < 1.29 is 9.53 Å². The zero-order valence-electron chi connectivity index (χ0n) is 9.14. The Labute approximate surface area is 114 Å². The van der Waals surface area contributed by atoms with Crippen LogP contribution in [-0.2, 0) is 11.3 Å². The van der Waals surface area contributed by atoms with Gasteiger partial charge in [0.05, 0.1) is 12.4 Å². The first-order chi connectivity index (χ1) is 8.65. The molecular formula is C12H8Cl2N2O2. The summed E-state index contributed by atoms with van der Waals surface area (Å²) in [6.07, 6.45) is 2.56. The molecule has 92 valence electrons. The monoisotopic (exact) mass is 282 g/mol. The molecule has 0 bridgehead atoms. The Balaban J connectivity index is 1.96. The van der Waals surface area contributed by atoms with Crippen molar-refractivity contribution in [2.45, 2.75) is 6.61 Å². The Bertz CT molecular complexity index is 541. The van der Waals surface area contributed by atoms with Gasteiger partial charge >= 0.3 is 5.97 Å².